The molecule has 21 heavy (non-hydrogen) atoms. The van der Waals surface area contributed by atoms with Gasteiger partial charge in [-0.1, -0.05) is 0 Å². The molecule has 1 aliphatic heterocycles. The molecular weight excluding hydrogens is 266 g/mol. The average molecular weight is 287 g/mol. The summed E-state index contributed by atoms with van der Waals surface area (Å²) in [5, 5.41) is 23.1. The van der Waals surface area contributed by atoms with Gasteiger partial charge in [0.1, 0.15) is 5.82 Å². The summed E-state index contributed by atoms with van der Waals surface area (Å²) in [5.74, 6) is 2.83. The minimum Gasteiger partial charge on any atom is -0.393 e. The molecule has 4 rings (SSSR count). The molecule has 2 aromatic rings. The number of fused-ring (bicyclic) bond motifs is 1. The van der Waals surface area contributed by atoms with Crippen LogP contribution in [0, 0.1) is 5.92 Å². The van der Waals surface area contributed by atoms with Crippen LogP contribution in [-0.4, -0.2) is 44.1 Å². The van der Waals surface area contributed by atoms with Gasteiger partial charge in [-0.05, 0) is 44.7 Å². The van der Waals surface area contributed by atoms with Crippen LogP contribution in [0.15, 0.2) is 12.1 Å². The second-order valence-corrected chi connectivity index (χ2v) is 6.38. The molecule has 1 saturated carbocycles. The van der Waals surface area contributed by atoms with Crippen LogP contribution < -0.4 is 4.90 Å². The van der Waals surface area contributed by atoms with Crippen molar-refractivity contribution in [3.63, 3.8) is 0 Å². The maximum Gasteiger partial charge on any atom is 0.178 e. The van der Waals surface area contributed by atoms with E-state index in [2.05, 4.69) is 15.1 Å². The van der Waals surface area contributed by atoms with Gasteiger partial charge in [-0.25, -0.2) is 0 Å². The quantitative estimate of drug-likeness (QED) is 0.928. The fraction of sp³-hybridized carbons (Fsp3) is 0.667. The first-order valence-corrected chi connectivity index (χ1v) is 7.88. The highest BCUT2D eigenvalue weighted by molar-refractivity contribution is 5.46. The molecule has 2 atom stereocenters. The largest absolute Gasteiger partial charge is 0.393 e. The van der Waals surface area contributed by atoms with Crippen molar-refractivity contribution in [1.29, 1.82) is 0 Å². The van der Waals surface area contributed by atoms with Crippen LogP contribution in [0.2, 0.25) is 0 Å². The maximum absolute atomic E-state index is 9.83. The molecule has 2 aliphatic rings. The number of hydrogen-bond acceptors (Lipinski definition) is 5. The highest BCUT2D eigenvalue weighted by atomic mass is 16.3. The topological polar surface area (TPSA) is 66.5 Å². The van der Waals surface area contributed by atoms with Crippen LogP contribution in [-0.2, 0) is 0 Å². The van der Waals surface area contributed by atoms with Crippen molar-refractivity contribution in [2.75, 3.05) is 18.0 Å². The summed E-state index contributed by atoms with van der Waals surface area (Å²) >= 11 is 0. The second kappa shape index (κ2) is 4.94. The number of hydrogen-bond donors (Lipinski definition) is 1. The first-order valence-electron chi connectivity index (χ1n) is 7.88. The van der Waals surface area contributed by atoms with Gasteiger partial charge in [0.15, 0.2) is 11.5 Å². The standard InChI is InChI=1S/C15H21N5O/c1-10(21)12-3-2-8-19(9-12)14-7-6-13-16-17-15(11-4-5-11)20(13)18-14/h6-7,10-12,21H,2-5,8-9H2,1H3. The molecule has 2 aromatic heterocycles. The number of aliphatic hydroxyl groups excluding tert-OH is 1. The summed E-state index contributed by atoms with van der Waals surface area (Å²) in [4.78, 5) is 2.27. The van der Waals surface area contributed by atoms with Crippen LogP contribution in [0.4, 0.5) is 5.82 Å². The molecule has 3 heterocycles. The molecule has 1 saturated heterocycles. The zero-order valence-electron chi connectivity index (χ0n) is 12.3. The molecule has 0 amide bonds. The number of aromatic nitrogens is 4. The van der Waals surface area contributed by atoms with Gasteiger partial charge in [0.25, 0.3) is 0 Å². The van der Waals surface area contributed by atoms with Gasteiger partial charge in [0.2, 0.25) is 0 Å². The van der Waals surface area contributed by atoms with Crippen molar-refractivity contribution in [2.45, 2.75) is 44.6 Å². The number of rotatable bonds is 3. The summed E-state index contributed by atoms with van der Waals surface area (Å²) in [6.07, 6.45) is 4.33. The maximum atomic E-state index is 9.83. The highest BCUT2D eigenvalue weighted by Crippen LogP contribution is 2.38. The molecular formula is C15H21N5O. The van der Waals surface area contributed by atoms with E-state index < -0.39 is 0 Å². The lowest BCUT2D eigenvalue weighted by Crippen LogP contribution is -2.40. The van der Waals surface area contributed by atoms with E-state index in [-0.39, 0.29) is 6.10 Å². The van der Waals surface area contributed by atoms with Crippen LogP contribution in [0.5, 0.6) is 0 Å². The van der Waals surface area contributed by atoms with Crippen molar-refractivity contribution in [1.82, 2.24) is 19.8 Å². The first-order chi connectivity index (χ1) is 10.2. The van der Waals surface area contributed by atoms with E-state index in [1.807, 2.05) is 23.6 Å². The van der Waals surface area contributed by atoms with Gasteiger partial charge in [-0.2, -0.15) is 4.52 Å². The molecule has 2 unspecified atom stereocenters. The molecule has 6 nitrogen and oxygen atoms in total. The Hall–Kier alpha value is -1.69. The minimum atomic E-state index is -0.256. The van der Waals surface area contributed by atoms with E-state index in [1.165, 1.54) is 12.8 Å². The van der Waals surface area contributed by atoms with E-state index in [4.69, 9.17) is 5.10 Å². The Morgan fingerprint density at radius 1 is 1.24 bits per heavy atom. The highest BCUT2D eigenvalue weighted by Gasteiger charge is 2.30. The van der Waals surface area contributed by atoms with Crippen LogP contribution >= 0.6 is 0 Å². The summed E-state index contributed by atoms with van der Waals surface area (Å²) in [6.45, 7) is 3.76. The zero-order valence-corrected chi connectivity index (χ0v) is 12.3. The van der Waals surface area contributed by atoms with Gasteiger partial charge >= 0.3 is 0 Å². The third-order valence-electron chi connectivity index (χ3n) is 4.68. The number of piperidine rings is 1. The van der Waals surface area contributed by atoms with Crippen LogP contribution in [0.1, 0.15) is 44.3 Å². The smallest absolute Gasteiger partial charge is 0.178 e. The second-order valence-electron chi connectivity index (χ2n) is 6.38. The minimum absolute atomic E-state index is 0.256. The van der Waals surface area contributed by atoms with Crippen molar-refractivity contribution in [3.8, 4) is 0 Å². The van der Waals surface area contributed by atoms with Gasteiger partial charge in [0.05, 0.1) is 6.10 Å². The molecule has 0 aromatic carbocycles. The number of aliphatic hydroxyl groups is 1. The first kappa shape index (κ1) is 13.0. The Morgan fingerprint density at radius 3 is 2.86 bits per heavy atom. The SMILES string of the molecule is CC(O)C1CCCN(c2ccc3nnc(C4CC4)n3n2)C1. The van der Waals surface area contributed by atoms with E-state index in [0.717, 1.165) is 43.2 Å². The van der Waals surface area contributed by atoms with Crippen LogP contribution in [0.25, 0.3) is 5.65 Å². The summed E-state index contributed by atoms with van der Waals surface area (Å²) in [6, 6.07) is 4.01. The lowest BCUT2D eigenvalue weighted by molar-refractivity contribution is 0.115. The van der Waals surface area contributed by atoms with Crippen molar-refractivity contribution < 1.29 is 5.11 Å². The average Bonchev–Trinajstić information content (AvgIpc) is 3.26. The fourth-order valence-electron chi connectivity index (χ4n) is 3.17. The zero-order chi connectivity index (χ0) is 14.4. The molecule has 1 aliphatic carbocycles. The van der Waals surface area contributed by atoms with E-state index in [1.54, 1.807) is 0 Å². The Balaban J connectivity index is 1.64. The lowest BCUT2D eigenvalue weighted by Gasteiger charge is -2.34. The Kier molecular flexibility index (Phi) is 3.06. The van der Waals surface area contributed by atoms with E-state index >= 15 is 0 Å². The van der Waals surface area contributed by atoms with Crippen molar-refractivity contribution in [2.24, 2.45) is 5.92 Å². The Labute approximate surface area is 123 Å². The lowest BCUT2D eigenvalue weighted by atomic mass is 9.93. The summed E-state index contributed by atoms with van der Waals surface area (Å²) in [7, 11) is 0. The molecule has 112 valence electrons. The third-order valence-corrected chi connectivity index (χ3v) is 4.68. The fourth-order valence-corrected chi connectivity index (χ4v) is 3.17. The number of nitrogens with zero attached hydrogens (tertiary/aromatic N) is 5. The Morgan fingerprint density at radius 2 is 2.10 bits per heavy atom. The molecule has 6 heteroatoms. The summed E-state index contributed by atoms with van der Waals surface area (Å²) in [5.41, 5.74) is 0.824. The third kappa shape index (κ3) is 2.37. The van der Waals surface area contributed by atoms with Gasteiger partial charge < -0.3 is 10.0 Å². The molecule has 0 spiro atoms. The van der Waals surface area contributed by atoms with E-state index in [9.17, 15) is 5.11 Å². The molecule has 0 bridgehead atoms. The predicted molar refractivity (Wildman–Crippen MR) is 79.4 cm³/mol. The molecule has 0 radical (unpaired) electrons. The van der Waals surface area contributed by atoms with Crippen LogP contribution in [0.3, 0.4) is 0 Å². The van der Waals surface area contributed by atoms with Gasteiger partial charge in [0, 0.05) is 24.9 Å². The van der Waals surface area contributed by atoms with E-state index in [0.29, 0.717) is 11.8 Å². The monoisotopic (exact) mass is 287 g/mol. The van der Waals surface area contributed by atoms with Crippen molar-refractivity contribution in [3.05, 3.63) is 18.0 Å². The normalized spacial score (nSPS) is 24.5. The van der Waals surface area contributed by atoms with Gasteiger partial charge in [-0.3, -0.25) is 0 Å². The summed E-state index contributed by atoms with van der Waals surface area (Å²) < 4.78 is 1.90. The van der Waals surface area contributed by atoms with Crippen molar-refractivity contribution >= 4 is 11.5 Å². The predicted octanol–water partition coefficient (Wildman–Crippen LogP) is 1.60. The van der Waals surface area contributed by atoms with Gasteiger partial charge in [-0.15, -0.1) is 15.3 Å². The molecule has 1 N–H and O–H groups in total. The molecule has 2 fully saturated rings. The Bertz CT molecular complexity index is 649. The number of anilines is 1.